The number of hydrogen-bond acceptors (Lipinski definition) is 0. The Kier molecular flexibility index (Phi) is 6.66. The van der Waals surface area contributed by atoms with Crippen LogP contribution in [0.2, 0.25) is 0 Å². The molecule has 0 aliphatic carbocycles. The molecule has 0 N–H and O–H groups in total. The van der Waals surface area contributed by atoms with Gasteiger partial charge in [-0.15, -0.1) is 0 Å². The van der Waals surface area contributed by atoms with Gasteiger partial charge in [-0.1, -0.05) is 133 Å². The van der Waals surface area contributed by atoms with Crippen molar-refractivity contribution in [2.24, 2.45) is 0 Å². The monoisotopic (exact) mass is 482 g/mol. The minimum absolute atomic E-state index is 0.997. The van der Waals surface area contributed by atoms with Crippen molar-refractivity contribution in [2.45, 2.75) is 0 Å². The van der Waals surface area contributed by atoms with Crippen LogP contribution in [0.3, 0.4) is 0 Å². The Balaban J connectivity index is 1.47. The fourth-order valence-corrected chi connectivity index (χ4v) is 4.73. The van der Waals surface area contributed by atoms with Gasteiger partial charge in [-0.2, -0.15) is 0 Å². The summed E-state index contributed by atoms with van der Waals surface area (Å²) in [5, 5.41) is 0. The normalized spacial score (nSPS) is 10.4. The fraction of sp³-hybridized carbons (Fsp3) is 0. The van der Waals surface area contributed by atoms with E-state index in [2.05, 4.69) is 170 Å². The Labute approximate surface area is 224 Å². The Morgan fingerprint density at radius 1 is 0.237 bits per heavy atom. The zero-order valence-corrected chi connectivity index (χ0v) is 21.0. The quantitative estimate of drug-likeness (QED) is 0.219. The molecule has 0 heteroatoms. The molecule has 0 fully saturated rings. The zero-order chi connectivity index (χ0) is 25.6. The van der Waals surface area contributed by atoms with Gasteiger partial charge in [0.15, 0.2) is 0 Å². The summed E-state index contributed by atoms with van der Waals surface area (Å²) < 4.78 is 0. The van der Waals surface area contributed by atoms with Crippen LogP contribution in [0, 0.1) is 11.8 Å². The predicted octanol–water partition coefficient (Wildman–Crippen LogP) is 9.75. The van der Waals surface area contributed by atoms with Gasteiger partial charge >= 0.3 is 0 Å². The molecule has 0 atom stereocenters. The summed E-state index contributed by atoms with van der Waals surface area (Å²) in [7, 11) is 0. The number of benzene rings is 6. The van der Waals surface area contributed by atoms with E-state index in [0.29, 0.717) is 0 Å². The van der Waals surface area contributed by atoms with E-state index in [-0.39, 0.29) is 0 Å². The zero-order valence-electron chi connectivity index (χ0n) is 21.0. The van der Waals surface area contributed by atoms with Crippen LogP contribution in [-0.2, 0) is 0 Å². The van der Waals surface area contributed by atoms with E-state index in [0.717, 1.165) is 11.1 Å². The van der Waals surface area contributed by atoms with Crippen molar-refractivity contribution in [3.8, 4) is 56.3 Å². The molecular weight excluding hydrogens is 456 g/mol. The maximum Gasteiger partial charge on any atom is 0.0261 e. The summed E-state index contributed by atoms with van der Waals surface area (Å²) in [5.74, 6) is 6.98. The fourth-order valence-electron chi connectivity index (χ4n) is 4.73. The summed E-state index contributed by atoms with van der Waals surface area (Å²) in [6, 6.07) is 55.3. The van der Waals surface area contributed by atoms with Gasteiger partial charge in [0, 0.05) is 11.1 Å². The minimum atomic E-state index is 0.997. The van der Waals surface area contributed by atoms with Gasteiger partial charge in [0.1, 0.15) is 0 Å². The van der Waals surface area contributed by atoms with Crippen LogP contribution in [0.15, 0.2) is 158 Å². The van der Waals surface area contributed by atoms with Crippen molar-refractivity contribution in [3.05, 3.63) is 169 Å². The third-order valence-electron chi connectivity index (χ3n) is 6.65. The second kappa shape index (κ2) is 10.9. The maximum absolute atomic E-state index is 3.49. The van der Waals surface area contributed by atoms with Crippen LogP contribution < -0.4 is 0 Å². The average molecular weight is 483 g/mol. The van der Waals surface area contributed by atoms with Crippen LogP contribution in [0.4, 0.5) is 0 Å². The maximum atomic E-state index is 3.49. The van der Waals surface area contributed by atoms with Crippen LogP contribution in [0.1, 0.15) is 11.1 Å². The lowest BCUT2D eigenvalue weighted by Gasteiger charge is -2.09. The van der Waals surface area contributed by atoms with Gasteiger partial charge in [-0.25, -0.2) is 0 Å². The molecule has 0 saturated heterocycles. The van der Waals surface area contributed by atoms with Gasteiger partial charge in [-0.05, 0) is 80.9 Å². The average Bonchev–Trinajstić information content (AvgIpc) is 3.01. The first-order chi connectivity index (χ1) is 18.8. The van der Waals surface area contributed by atoms with Crippen molar-refractivity contribution in [1.29, 1.82) is 0 Å². The molecule has 0 radical (unpaired) electrons. The molecule has 0 bridgehead atoms. The standard InChI is InChI=1S/C38H26/c1-5-13-31(14-6-1)35-23-29(24-36(27-35)32-15-7-2-8-16-32)21-22-30-25-37(33-17-9-3-10-18-33)28-38(26-30)34-19-11-4-12-20-34/h1-20,23-28H. The first kappa shape index (κ1) is 23.3. The molecule has 0 aromatic heterocycles. The summed E-state index contributed by atoms with van der Waals surface area (Å²) in [6.07, 6.45) is 0. The predicted molar refractivity (Wildman–Crippen MR) is 161 cm³/mol. The molecule has 0 heterocycles. The van der Waals surface area contributed by atoms with Crippen molar-refractivity contribution in [3.63, 3.8) is 0 Å². The highest BCUT2D eigenvalue weighted by atomic mass is 14.1. The summed E-state index contributed by atoms with van der Waals surface area (Å²) >= 11 is 0. The first-order valence-electron chi connectivity index (χ1n) is 12.9. The molecular formula is C38H26. The highest BCUT2D eigenvalue weighted by molar-refractivity contribution is 5.77. The van der Waals surface area contributed by atoms with Crippen molar-refractivity contribution < 1.29 is 0 Å². The molecule has 0 spiro atoms. The van der Waals surface area contributed by atoms with Crippen LogP contribution >= 0.6 is 0 Å². The molecule has 0 unspecified atom stereocenters. The molecule has 6 rings (SSSR count). The van der Waals surface area contributed by atoms with Crippen LogP contribution in [0.5, 0.6) is 0 Å². The lowest BCUT2D eigenvalue weighted by atomic mass is 9.95. The van der Waals surface area contributed by atoms with Crippen molar-refractivity contribution in [2.75, 3.05) is 0 Å². The Hall–Kier alpha value is -5.12. The van der Waals surface area contributed by atoms with E-state index in [1.54, 1.807) is 0 Å². The SMILES string of the molecule is C(#Cc1cc(-c2ccccc2)cc(-c2ccccc2)c1)c1cc(-c2ccccc2)cc(-c2ccccc2)c1. The van der Waals surface area contributed by atoms with E-state index < -0.39 is 0 Å². The van der Waals surface area contributed by atoms with E-state index in [1.165, 1.54) is 44.5 Å². The first-order valence-corrected chi connectivity index (χ1v) is 12.9. The molecule has 178 valence electrons. The minimum Gasteiger partial charge on any atom is -0.0622 e. The largest absolute Gasteiger partial charge is 0.0622 e. The van der Waals surface area contributed by atoms with Gasteiger partial charge in [0.25, 0.3) is 0 Å². The van der Waals surface area contributed by atoms with E-state index in [1.807, 2.05) is 0 Å². The van der Waals surface area contributed by atoms with Crippen LogP contribution in [-0.4, -0.2) is 0 Å². The van der Waals surface area contributed by atoms with Crippen molar-refractivity contribution in [1.82, 2.24) is 0 Å². The molecule has 38 heavy (non-hydrogen) atoms. The number of hydrogen-bond donors (Lipinski definition) is 0. The third kappa shape index (κ3) is 5.34. The topological polar surface area (TPSA) is 0 Å². The van der Waals surface area contributed by atoms with Crippen LogP contribution in [0.25, 0.3) is 44.5 Å². The second-order valence-corrected chi connectivity index (χ2v) is 9.31. The summed E-state index contributed by atoms with van der Waals surface area (Å²) in [6.45, 7) is 0. The summed E-state index contributed by atoms with van der Waals surface area (Å²) in [4.78, 5) is 0. The lowest BCUT2D eigenvalue weighted by Crippen LogP contribution is -1.87. The Morgan fingerprint density at radius 3 is 0.711 bits per heavy atom. The molecule has 6 aromatic carbocycles. The Bertz CT molecular complexity index is 1470. The van der Waals surface area contributed by atoms with Gasteiger partial charge in [0.2, 0.25) is 0 Å². The van der Waals surface area contributed by atoms with Gasteiger partial charge < -0.3 is 0 Å². The van der Waals surface area contributed by atoms with Gasteiger partial charge in [-0.3, -0.25) is 0 Å². The Morgan fingerprint density at radius 2 is 0.474 bits per heavy atom. The number of rotatable bonds is 4. The van der Waals surface area contributed by atoms with E-state index in [4.69, 9.17) is 0 Å². The highest BCUT2D eigenvalue weighted by Gasteiger charge is 2.06. The summed E-state index contributed by atoms with van der Waals surface area (Å²) in [5.41, 5.74) is 11.4. The highest BCUT2D eigenvalue weighted by Crippen LogP contribution is 2.30. The molecule has 0 aliphatic heterocycles. The van der Waals surface area contributed by atoms with Crippen molar-refractivity contribution >= 4 is 0 Å². The molecule has 0 amide bonds. The molecule has 0 aliphatic rings. The molecule has 6 aromatic rings. The molecule has 0 saturated carbocycles. The van der Waals surface area contributed by atoms with Gasteiger partial charge in [0.05, 0.1) is 0 Å². The lowest BCUT2D eigenvalue weighted by molar-refractivity contribution is 1.55. The third-order valence-corrected chi connectivity index (χ3v) is 6.65. The second-order valence-electron chi connectivity index (χ2n) is 9.31. The smallest absolute Gasteiger partial charge is 0.0261 e. The van der Waals surface area contributed by atoms with E-state index in [9.17, 15) is 0 Å². The van der Waals surface area contributed by atoms with E-state index >= 15 is 0 Å². The molecule has 0 nitrogen and oxygen atoms in total.